The predicted molar refractivity (Wildman–Crippen MR) is 118 cm³/mol. The van der Waals surface area contributed by atoms with Gasteiger partial charge in [-0.3, -0.25) is 15.0 Å². The van der Waals surface area contributed by atoms with Crippen LogP contribution in [0.15, 0.2) is 48.5 Å². The molecule has 2 amide bonds. The maximum absolute atomic E-state index is 13.6. The molecule has 2 aromatic rings. The van der Waals surface area contributed by atoms with E-state index in [4.69, 9.17) is 11.6 Å². The van der Waals surface area contributed by atoms with Gasteiger partial charge in [0.25, 0.3) is 11.8 Å². The molecule has 1 aliphatic carbocycles. The standard InChI is InChI=1S/C24H29ClN2O3/c1-17-8-6-10-19(14-17)24(30,20-11-7-9-18(2)15-20)23(29)26-27(22(28)16-25)21-12-4-3-5-13-21/h6-11,14-15,21,30H,3-5,12-13,16H2,1-2H3,(H,26,29). The Balaban J connectivity index is 2.02. The van der Waals surface area contributed by atoms with E-state index in [1.54, 1.807) is 24.3 Å². The zero-order chi connectivity index (χ0) is 21.7. The Hall–Kier alpha value is -2.37. The van der Waals surface area contributed by atoms with Gasteiger partial charge in [-0.05, 0) is 37.8 Å². The van der Waals surface area contributed by atoms with E-state index in [2.05, 4.69) is 5.43 Å². The monoisotopic (exact) mass is 428 g/mol. The molecule has 5 nitrogen and oxygen atoms in total. The Labute approximate surface area is 183 Å². The van der Waals surface area contributed by atoms with Gasteiger partial charge in [0.15, 0.2) is 5.60 Å². The number of carbonyl (C=O) groups is 2. The summed E-state index contributed by atoms with van der Waals surface area (Å²) in [6.07, 6.45) is 4.70. The van der Waals surface area contributed by atoms with Crippen LogP contribution in [0.1, 0.15) is 54.4 Å². The van der Waals surface area contributed by atoms with Gasteiger partial charge in [-0.2, -0.15) is 0 Å². The van der Waals surface area contributed by atoms with E-state index in [0.29, 0.717) is 11.1 Å². The predicted octanol–water partition coefficient (Wildman–Crippen LogP) is 3.97. The fraction of sp³-hybridized carbons (Fsp3) is 0.417. The number of carbonyl (C=O) groups excluding carboxylic acids is 2. The highest BCUT2D eigenvalue weighted by Gasteiger charge is 2.42. The van der Waals surface area contributed by atoms with Crippen molar-refractivity contribution in [2.75, 3.05) is 5.88 Å². The van der Waals surface area contributed by atoms with Crippen molar-refractivity contribution < 1.29 is 14.7 Å². The molecule has 6 heteroatoms. The quantitative estimate of drug-likeness (QED) is 0.559. The number of hydrazine groups is 1. The van der Waals surface area contributed by atoms with E-state index in [0.717, 1.165) is 43.2 Å². The Morgan fingerprint density at radius 2 is 1.57 bits per heavy atom. The summed E-state index contributed by atoms with van der Waals surface area (Å²) in [6, 6.07) is 14.3. The fourth-order valence-corrected chi connectivity index (χ4v) is 4.25. The number of rotatable bonds is 5. The SMILES string of the molecule is Cc1cccc(C(O)(C(=O)NN(C(=O)CCl)C2CCCCC2)c2cccc(C)c2)c1. The molecule has 0 atom stereocenters. The average molecular weight is 429 g/mol. The zero-order valence-corrected chi connectivity index (χ0v) is 18.3. The van der Waals surface area contributed by atoms with Gasteiger partial charge in [0, 0.05) is 0 Å². The number of benzene rings is 2. The fourth-order valence-electron chi connectivity index (χ4n) is 4.12. The first-order valence-corrected chi connectivity index (χ1v) is 11.0. The minimum Gasteiger partial charge on any atom is -0.372 e. The second-order valence-electron chi connectivity index (χ2n) is 8.08. The van der Waals surface area contributed by atoms with Crippen LogP contribution in [0.2, 0.25) is 0 Å². The summed E-state index contributed by atoms with van der Waals surface area (Å²) in [5, 5.41) is 13.1. The second kappa shape index (κ2) is 9.63. The van der Waals surface area contributed by atoms with Gasteiger partial charge >= 0.3 is 0 Å². The molecular formula is C24H29ClN2O3. The van der Waals surface area contributed by atoms with Crippen molar-refractivity contribution in [2.24, 2.45) is 0 Å². The number of halogens is 1. The molecule has 2 aromatic carbocycles. The van der Waals surface area contributed by atoms with E-state index >= 15 is 0 Å². The smallest absolute Gasteiger partial charge is 0.279 e. The van der Waals surface area contributed by atoms with Gasteiger partial charge in [-0.25, -0.2) is 5.01 Å². The molecule has 0 aromatic heterocycles. The van der Waals surface area contributed by atoms with Crippen LogP contribution in [-0.4, -0.2) is 33.9 Å². The van der Waals surface area contributed by atoms with Gasteiger partial charge in [-0.1, -0.05) is 78.9 Å². The van der Waals surface area contributed by atoms with Crippen molar-refractivity contribution in [1.82, 2.24) is 10.4 Å². The summed E-state index contributed by atoms with van der Waals surface area (Å²) in [6.45, 7) is 3.81. The number of amides is 2. The van der Waals surface area contributed by atoms with Gasteiger partial charge in [0.1, 0.15) is 5.88 Å². The molecule has 1 fully saturated rings. The number of aryl methyl sites for hydroxylation is 2. The van der Waals surface area contributed by atoms with Crippen LogP contribution in [0, 0.1) is 13.8 Å². The molecule has 0 bridgehead atoms. The van der Waals surface area contributed by atoms with Crippen LogP contribution in [0.5, 0.6) is 0 Å². The van der Waals surface area contributed by atoms with Gasteiger partial charge in [-0.15, -0.1) is 11.6 Å². The summed E-state index contributed by atoms with van der Waals surface area (Å²) in [7, 11) is 0. The molecule has 3 rings (SSSR count). The highest BCUT2D eigenvalue weighted by Crippen LogP contribution is 2.32. The molecule has 0 unspecified atom stereocenters. The molecular weight excluding hydrogens is 400 g/mol. The third-order valence-corrected chi connectivity index (χ3v) is 5.97. The largest absolute Gasteiger partial charge is 0.372 e. The van der Waals surface area contributed by atoms with E-state index < -0.39 is 11.5 Å². The molecule has 0 aliphatic heterocycles. The van der Waals surface area contributed by atoms with Crippen LogP contribution >= 0.6 is 11.6 Å². The molecule has 0 spiro atoms. The minimum absolute atomic E-state index is 0.117. The maximum Gasteiger partial charge on any atom is 0.279 e. The first-order valence-electron chi connectivity index (χ1n) is 10.4. The number of nitrogens with zero attached hydrogens (tertiary/aromatic N) is 1. The van der Waals surface area contributed by atoms with Crippen LogP contribution < -0.4 is 5.43 Å². The zero-order valence-electron chi connectivity index (χ0n) is 17.5. The van der Waals surface area contributed by atoms with E-state index in [1.165, 1.54) is 5.01 Å². The van der Waals surface area contributed by atoms with Gasteiger partial charge in [0.05, 0.1) is 6.04 Å². The normalized spacial score (nSPS) is 14.9. The third kappa shape index (κ3) is 4.68. The van der Waals surface area contributed by atoms with Crippen LogP contribution in [0.4, 0.5) is 0 Å². The van der Waals surface area contributed by atoms with Crippen molar-refractivity contribution in [3.63, 3.8) is 0 Å². The third-order valence-electron chi connectivity index (χ3n) is 5.75. The van der Waals surface area contributed by atoms with Gasteiger partial charge < -0.3 is 5.11 Å². The summed E-state index contributed by atoms with van der Waals surface area (Å²) < 4.78 is 0. The van der Waals surface area contributed by atoms with Crippen molar-refractivity contribution >= 4 is 23.4 Å². The highest BCUT2D eigenvalue weighted by molar-refractivity contribution is 6.27. The Bertz CT molecular complexity index is 863. The molecule has 0 saturated heterocycles. The minimum atomic E-state index is -1.95. The lowest BCUT2D eigenvalue weighted by molar-refractivity contribution is -0.151. The number of nitrogens with one attached hydrogen (secondary N) is 1. The van der Waals surface area contributed by atoms with Crippen molar-refractivity contribution in [3.05, 3.63) is 70.8 Å². The van der Waals surface area contributed by atoms with Crippen molar-refractivity contribution in [2.45, 2.75) is 57.6 Å². The lowest BCUT2D eigenvalue weighted by Gasteiger charge is -2.37. The molecule has 0 heterocycles. The van der Waals surface area contributed by atoms with Gasteiger partial charge in [0.2, 0.25) is 0 Å². The van der Waals surface area contributed by atoms with E-state index in [1.807, 2.05) is 38.1 Å². The first-order chi connectivity index (χ1) is 14.4. The average Bonchev–Trinajstić information content (AvgIpc) is 2.76. The highest BCUT2D eigenvalue weighted by atomic mass is 35.5. The number of hydrogen-bond acceptors (Lipinski definition) is 3. The van der Waals surface area contributed by atoms with Crippen molar-refractivity contribution in [1.29, 1.82) is 0 Å². The molecule has 0 radical (unpaired) electrons. The van der Waals surface area contributed by atoms with Crippen LogP contribution in [0.3, 0.4) is 0 Å². The summed E-state index contributed by atoms with van der Waals surface area (Å²) in [5.74, 6) is -1.26. The summed E-state index contributed by atoms with van der Waals surface area (Å²) in [4.78, 5) is 26.1. The van der Waals surface area contributed by atoms with Crippen molar-refractivity contribution in [3.8, 4) is 0 Å². The molecule has 2 N–H and O–H groups in total. The first kappa shape index (κ1) is 22.3. The Kier molecular flexibility index (Phi) is 7.16. The number of alkyl halides is 1. The Morgan fingerprint density at radius 1 is 1.03 bits per heavy atom. The molecule has 1 aliphatic rings. The molecule has 30 heavy (non-hydrogen) atoms. The van der Waals surface area contributed by atoms with Crippen LogP contribution in [-0.2, 0) is 15.2 Å². The molecule has 160 valence electrons. The van der Waals surface area contributed by atoms with E-state index in [9.17, 15) is 14.7 Å². The molecule has 1 saturated carbocycles. The topological polar surface area (TPSA) is 69.6 Å². The second-order valence-corrected chi connectivity index (χ2v) is 8.35. The van der Waals surface area contributed by atoms with Crippen LogP contribution in [0.25, 0.3) is 0 Å². The van der Waals surface area contributed by atoms with E-state index in [-0.39, 0.29) is 17.8 Å². The maximum atomic E-state index is 13.6. The lowest BCUT2D eigenvalue weighted by Crippen LogP contribution is -2.58. The lowest BCUT2D eigenvalue weighted by atomic mass is 9.84. The Morgan fingerprint density at radius 3 is 2.03 bits per heavy atom. The summed E-state index contributed by atoms with van der Waals surface area (Å²) >= 11 is 5.83. The number of hydrogen-bond donors (Lipinski definition) is 2. The number of aliphatic hydroxyl groups is 1. The summed E-state index contributed by atoms with van der Waals surface area (Å²) in [5.41, 5.74) is 3.53.